The molecule has 1 atom stereocenters. The first kappa shape index (κ1) is 16.9. The number of aromatic nitrogens is 5. The lowest BCUT2D eigenvalue weighted by atomic mass is 9.93. The molecule has 0 bridgehead atoms. The Balaban J connectivity index is 1.58. The fourth-order valence-electron chi connectivity index (χ4n) is 3.39. The molecule has 0 saturated carbocycles. The summed E-state index contributed by atoms with van der Waals surface area (Å²) in [5.74, 6) is 3.54. The van der Waals surface area contributed by atoms with Crippen LogP contribution in [-0.4, -0.2) is 24.9 Å². The largest absolute Gasteiger partial charge is 0.339 e. The molecule has 7 nitrogen and oxygen atoms in total. The van der Waals surface area contributed by atoms with Gasteiger partial charge in [0.2, 0.25) is 11.7 Å². The predicted octanol–water partition coefficient (Wildman–Crippen LogP) is 2.81. The topological polar surface area (TPSA) is 95.7 Å². The molecule has 0 fully saturated rings. The Labute approximate surface area is 152 Å². The van der Waals surface area contributed by atoms with Gasteiger partial charge < -0.3 is 14.8 Å². The number of fused-ring (bicyclic) bond motifs is 1. The summed E-state index contributed by atoms with van der Waals surface area (Å²) in [6, 6.07) is 7.94. The fourth-order valence-corrected chi connectivity index (χ4v) is 3.39. The van der Waals surface area contributed by atoms with Crippen LogP contribution in [0, 0.1) is 0 Å². The normalized spacial score (nSPS) is 17.3. The Bertz CT molecular complexity index is 903. The van der Waals surface area contributed by atoms with E-state index in [4.69, 9.17) is 10.3 Å². The average molecular weight is 352 g/mol. The van der Waals surface area contributed by atoms with E-state index in [1.54, 1.807) is 0 Å². The first-order chi connectivity index (χ1) is 12.5. The number of aryl methyl sites for hydroxylation is 1. The van der Waals surface area contributed by atoms with Gasteiger partial charge >= 0.3 is 0 Å². The maximum absolute atomic E-state index is 5.65. The molecule has 0 spiro atoms. The van der Waals surface area contributed by atoms with Crippen molar-refractivity contribution in [3.8, 4) is 11.4 Å². The Morgan fingerprint density at radius 1 is 1.19 bits per heavy atom. The summed E-state index contributed by atoms with van der Waals surface area (Å²) < 4.78 is 7.81. The minimum atomic E-state index is -0.0438. The number of nitrogens with two attached hydrogens (primary N) is 1. The SMILES string of the molecule is CC(C)(C)c1nnc2n1CC(c1nc(-c3ccc(CN)cc3)no1)CC2. The second-order valence-corrected chi connectivity index (χ2v) is 7.89. The van der Waals surface area contributed by atoms with Crippen molar-refractivity contribution >= 4 is 0 Å². The van der Waals surface area contributed by atoms with Gasteiger partial charge in [-0.15, -0.1) is 10.2 Å². The standard InChI is InChI=1S/C19H24N6O/c1-19(2,3)18-23-22-15-9-8-14(11-25(15)18)17-21-16(24-26-17)13-6-4-12(10-20)5-7-13/h4-7,14H,8-11,20H2,1-3H3. The molecule has 1 unspecified atom stereocenters. The van der Waals surface area contributed by atoms with Gasteiger partial charge in [-0.2, -0.15) is 4.98 Å². The molecule has 3 aromatic rings. The quantitative estimate of drug-likeness (QED) is 0.779. The number of rotatable bonds is 3. The molecule has 0 radical (unpaired) electrons. The van der Waals surface area contributed by atoms with Crippen molar-refractivity contribution in [2.24, 2.45) is 5.73 Å². The maximum Gasteiger partial charge on any atom is 0.231 e. The van der Waals surface area contributed by atoms with Crippen molar-refractivity contribution in [3.05, 3.63) is 47.4 Å². The van der Waals surface area contributed by atoms with Crippen molar-refractivity contribution in [1.29, 1.82) is 0 Å². The van der Waals surface area contributed by atoms with Crippen LogP contribution in [0.1, 0.15) is 56.2 Å². The van der Waals surface area contributed by atoms with Crippen LogP contribution >= 0.6 is 0 Å². The molecule has 3 heterocycles. The minimum absolute atomic E-state index is 0.0438. The highest BCUT2D eigenvalue weighted by Crippen LogP contribution is 2.32. The van der Waals surface area contributed by atoms with Crippen molar-refractivity contribution < 1.29 is 4.52 Å². The molecule has 0 aliphatic carbocycles. The Morgan fingerprint density at radius 2 is 1.96 bits per heavy atom. The van der Waals surface area contributed by atoms with Crippen LogP contribution in [0.4, 0.5) is 0 Å². The van der Waals surface area contributed by atoms with Gasteiger partial charge in [-0.05, 0) is 12.0 Å². The van der Waals surface area contributed by atoms with E-state index in [1.807, 2.05) is 24.3 Å². The zero-order valence-corrected chi connectivity index (χ0v) is 15.4. The highest BCUT2D eigenvalue weighted by atomic mass is 16.5. The molecule has 0 amide bonds. The van der Waals surface area contributed by atoms with Gasteiger partial charge in [0.25, 0.3) is 0 Å². The van der Waals surface area contributed by atoms with Gasteiger partial charge in [-0.3, -0.25) is 0 Å². The van der Waals surface area contributed by atoms with Crippen molar-refractivity contribution in [2.45, 2.75) is 58.0 Å². The average Bonchev–Trinajstić information content (AvgIpc) is 3.28. The summed E-state index contributed by atoms with van der Waals surface area (Å²) in [6.45, 7) is 7.77. The monoisotopic (exact) mass is 352 g/mol. The van der Waals surface area contributed by atoms with E-state index < -0.39 is 0 Å². The number of benzene rings is 1. The molecule has 2 N–H and O–H groups in total. The molecule has 1 aliphatic heterocycles. The lowest BCUT2D eigenvalue weighted by molar-refractivity contribution is 0.310. The lowest BCUT2D eigenvalue weighted by Gasteiger charge is -2.25. The van der Waals surface area contributed by atoms with Crippen LogP contribution in [0.25, 0.3) is 11.4 Å². The van der Waals surface area contributed by atoms with E-state index in [0.29, 0.717) is 18.3 Å². The predicted molar refractivity (Wildman–Crippen MR) is 97.4 cm³/mol. The van der Waals surface area contributed by atoms with Crippen LogP contribution in [0.15, 0.2) is 28.8 Å². The van der Waals surface area contributed by atoms with E-state index in [9.17, 15) is 0 Å². The molecule has 2 aromatic heterocycles. The van der Waals surface area contributed by atoms with Crippen LogP contribution < -0.4 is 5.73 Å². The smallest absolute Gasteiger partial charge is 0.231 e. The number of nitrogens with zero attached hydrogens (tertiary/aromatic N) is 5. The highest BCUT2D eigenvalue weighted by molar-refractivity contribution is 5.54. The molecule has 7 heteroatoms. The fraction of sp³-hybridized carbons (Fsp3) is 0.474. The van der Waals surface area contributed by atoms with Gasteiger partial charge in [0.05, 0.1) is 5.92 Å². The molecular formula is C19H24N6O. The van der Waals surface area contributed by atoms with Gasteiger partial charge in [0.1, 0.15) is 11.6 Å². The van der Waals surface area contributed by atoms with Gasteiger partial charge in [-0.25, -0.2) is 0 Å². The molecule has 26 heavy (non-hydrogen) atoms. The summed E-state index contributed by atoms with van der Waals surface area (Å²) in [5.41, 5.74) is 7.63. The van der Waals surface area contributed by atoms with E-state index in [2.05, 4.69) is 45.7 Å². The third-order valence-corrected chi connectivity index (χ3v) is 4.86. The third-order valence-electron chi connectivity index (χ3n) is 4.86. The summed E-state index contributed by atoms with van der Waals surface area (Å²) in [7, 11) is 0. The molecule has 136 valence electrons. The molecule has 1 aliphatic rings. The minimum Gasteiger partial charge on any atom is -0.339 e. The zero-order chi connectivity index (χ0) is 18.3. The van der Waals surface area contributed by atoms with Crippen LogP contribution in [0.3, 0.4) is 0 Å². The van der Waals surface area contributed by atoms with Crippen LogP contribution in [-0.2, 0) is 24.9 Å². The van der Waals surface area contributed by atoms with Crippen LogP contribution in [0.2, 0.25) is 0 Å². The van der Waals surface area contributed by atoms with E-state index in [-0.39, 0.29) is 11.3 Å². The van der Waals surface area contributed by atoms with Gasteiger partial charge in [-0.1, -0.05) is 50.2 Å². The number of hydrogen-bond donors (Lipinski definition) is 1. The number of hydrogen-bond acceptors (Lipinski definition) is 6. The summed E-state index contributed by atoms with van der Waals surface area (Å²) >= 11 is 0. The summed E-state index contributed by atoms with van der Waals surface area (Å²) in [5, 5.41) is 12.9. The maximum atomic E-state index is 5.65. The summed E-state index contributed by atoms with van der Waals surface area (Å²) in [6.07, 6.45) is 1.81. The molecule has 0 saturated heterocycles. The zero-order valence-electron chi connectivity index (χ0n) is 15.4. The second kappa shape index (κ2) is 6.32. The highest BCUT2D eigenvalue weighted by Gasteiger charge is 2.31. The summed E-state index contributed by atoms with van der Waals surface area (Å²) in [4.78, 5) is 4.65. The molecule has 4 rings (SSSR count). The van der Waals surface area contributed by atoms with E-state index >= 15 is 0 Å². The van der Waals surface area contributed by atoms with Crippen LogP contribution in [0.5, 0.6) is 0 Å². The third kappa shape index (κ3) is 3.03. The molecular weight excluding hydrogens is 328 g/mol. The first-order valence-corrected chi connectivity index (χ1v) is 9.01. The Morgan fingerprint density at radius 3 is 2.65 bits per heavy atom. The van der Waals surface area contributed by atoms with Crippen molar-refractivity contribution in [3.63, 3.8) is 0 Å². The van der Waals surface area contributed by atoms with Gasteiger partial charge in [0, 0.05) is 30.5 Å². The Hall–Kier alpha value is -2.54. The second-order valence-electron chi connectivity index (χ2n) is 7.89. The van der Waals surface area contributed by atoms with E-state index in [0.717, 1.165) is 42.2 Å². The van der Waals surface area contributed by atoms with Crippen molar-refractivity contribution in [2.75, 3.05) is 0 Å². The van der Waals surface area contributed by atoms with Gasteiger partial charge in [0.15, 0.2) is 0 Å². The first-order valence-electron chi connectivity index (χ1n) is 9.01. The Kier molecular flexibility index (Phi) is 4.11. The van der Waals surface area contributed by atoms with Crippen molar-refractivity contribution in [1.82, 2.24) is 24.9 Å². The molecule has 1 aromatic carbocycles. The lowest BCUT2D eigenvalue weighted by Crippen LogP contribution is -2.26. The van der Waals surface area contributed by atoms with E-state index in [1.165, 1.54) is 0 Å².